The summed E-state index contributed by atoms with van der Waals surface area (Å²) in [4.78, 5) is 31.3. The van der Waals surface area contributed by atoms with E-state index >= 15 is 0 Å². The minimum absolute atomic E-state index is 0.0960. The Morgan fingerprint density at radius 3 is 2.00 bits per heavy atom. The number of piperidine rings is 1. The lowest BCUT2D eigenvalue weighted by Crippen LogP contribution is -2.49. The van der Waals surface area contributed by atoms with Gasteiger partial charge in [-0.3, -0.25) is 0 Å². The molecule has 2 aliphatic rings. The maximum absolute atomic E-state index is 13.9. The summed E-state index contributed by atoms with van der Waals surface area (Å²) >= 11 is 2.15. The number of carbonyl (C=O) groups is 2. The van der Waals surface area contributed by atoms with Gasteiger partial charge >= 0.3 is 11.9 Å². The molecule has 0 radical (unpaired) electrons. The van der Waals surface area contributed by atoms with Gasteiger partial charge < -0.3 is 14.4 Å². The third-order valence-corrected chi connectivity index (χ3v) is 6.64. The van der Waals surface area contributed by atoms with Crippen molar-refractivity contribution >= 4 is 34.5 Å². The molecule has 0 bridgehead atoms. The van der Waals surface area contributed by atoms with E-state index in [1.807, 2.05) is 41.3 Å². The fraction of sp³-hybridized carbons (Fsp3) is 0.481. The molecule has 2 aromatic rings. The highest BCUT2D eigenvalue weighted by molar-refractivity contribution is 14.1. The first-order valence-corrected chi connectivity index (χ1v) is 13.9. The first-order chi connectivity index (χ1) is 16.1. The second kappa shape index (κ2) is 12.5. The molecule has 1 aliphatic heterocycles. The van der Waals surface area contributed by atoms with Gasteiger partial charge in [-0.1, -0.05) is 84.0 Å². The molecule has 1 aliphatic carbocycles. The Labute approximate surface area is 211 Å². The number of rotatable bonds is 6. The molecule has 4 rings (SSSR count). The Balaban J connectivity index is 0.00000149. The van der Waals surface area contributed by atoms with Crippen LogP contribution in [0.5, 0.6) is 0 Å². The number of carbonyl (C=O) groups excluding carboxylic acids is 2. The van der Waals surface area contributed by atoms with E-state index in [1.165, 1.54) is 0 Å². The summed E-state index contributed by atoms with van der Waals surface area (Å²) in [6.45, 7) is 1.78. The van der Waals surface area contributed by atoms with Gasteiger partial charge in [-0.15, -0.1) is 0 Å². The first kappa shape index (κ1) is 25.7. The smallest absolute Gasteiger partial charge is 0.355 e. The summed E-state index contributed by atoms with van der Waals surface area (Å²) in [6.07, 6.45) is 5.14. The molecule has 5 nitrogen and oxygen atoms in total. The number of esters is 2. The van der Waals surface area contributed by atoms with Crippen LogP contribution < -0.4 is 0 Å². The largest absolute Gasteiger partial charge is 0.459 e. The fourth-order valence-corrected chi connectivity index (χ4v) is 4.84. The molecule has 178 valence electrons. The summed E-state index contributed by atoms with van der Waals surface area (Å²) in [5, 5.41) is 0. The van der Waals surface area contributed by atoms with Crippen molar-refractivity contribution in [2.75, 3.05) is 25.1 Å². The van der Waals surface area contributed by atoms with E-state index in [2.05, 4.69) is 34.5 Å². The van der Waals surface area contributed by atoms with E-state index in [0.29, 0.717) is 11.1 Å². The lowest BCUT2D eigenvalue weighted by Gasteiger charge is -2.38. The predicted octanol–water partition coefficient (Wildman–Crippen LogP) is 5.62. The first-order valence-electron chi connectivity index (χ1n) is 11.7. The average Bonchev–Trinajstić information content (AvgIpc) is 3.41. The van der Waals surface area contributed by atoms with Gasteiger partial charge in [0.15, 0.2) is 0 Å². The Bertz CT molecular complexity index is 878. The van der Waals surface area contributed by atoms with E-state index in [9.17, 15) is 9.59 Å². The highest BCUT2D eigenvalue weighted by atomic mass is 127. The molecular formula is C27H34INO4. The highest BCUT2D eigenvalue weighted by Crippen LogP contribution is 2.45. The highest BCUT2D eigenvalue weighted by Gasteiger charge is 2.53. The van der Waals surface area contributed by atoms with Crippen molar-refractivity contribution in [1.82, 2.24) is 4.90 Å². The molecule has 0 amide bonds. The van der Waals surface area contributed by atoms with Crippen LogP contribution in [0.2, 0.25) is 0 Å². The molecule has 0 aromatic heterocycles. The standard InChI is InChI=1S/C26H31NO4.CH3I/c1-27-18-16-23(17-19-27)30-25(29)26(22-14-8-9-15-22,21-12-6-3-7-13-21)31-24(28)20-10-4-2-5-11-20;1-2/h2-7,10-13,22-23H,8-9,14-19H2,1H3;1H3. The second-order valence-corrected chi connectivity index (χ2v) is 8.75. The quantitative estimate of drug-likeness (QED) is 0.260. The lowest BCUT2D eigenvalue weighted by atomic mass is 9.79. The van der Waals surface area contributed by atoms with E-state index in [0.717, 1.165) is 51.6 Å². The zero-order valence-corrected chi connectivity index (χ0v) is 21.7. The minimum Gasteiger partial charge on any atom is -0.459 e. The molecule has 1 unspecified atom stereocenters. The number of alkyl halides is 1. The van der Waals surface area contributed by atoms with Gasteiger partial charge in [0.2, 0.25) is 5.60 Å². The van der Waals surface area contributed by atoms with Crippen LogP contribution in [0.1, 0.15) is 54.4 Å². The molecule has 1 saturated carbocycles. The molecule has 2 fully saturated rings. The van der Waals surface area contributed by atoms with Crippen LogP contribution in [0.15, 0.2) is 60.7 Å². The van der Waals surface area contributed by atoms with Crippen molar-refractivity contribution in [3.05, 3.63) is 71.8 Å². The third-order valence-electron chi connectivity index (χ3n) is 6.64. The molecule has 1 atom stereocenters. The summed E-state index contributed by atoms with van der Waals surface area (Å²) in [7, 11) is 2.08. The van der Waals surface area contributed by atoms with Gasteiger partial charge in [0.05, 0.1) is 5.56 Å². The lowest BCUT2D eigenvalue weighted by molar-refractivity contribution is -0.182. The summed E-state index contributed by atoms with van der Waals surface area (Å²) in [5.41, 5.74) is -0.286. The second-order valence-electron chi connectivity index (χ2n) is 8.75. The number of hydrogen-bond donors (Lipinski definition) is 0. The number of benzene rings is 2. The summed E-state index contributed by atoms with van der Waals surface area (Å²) < 4.78 is 12.3. The van der Waals surface area contributed by atoms with Gasteiger partial charge in [0.25, 0.3) is 0 Å². The molecule has 1 saturated heterocycles. The van der Waals surface area contributed by atoms with Crippen molar-refractivity contribution in [2.45, 2.75) is 50.2 Å². The normalized spacial score (nSPS) is 19.1. The van der Waals surface area contributed by atoms with Crippen LogP contribution in [0.25, 0.3) is 0 Å². The van der Waals surface area contributed by atoms with Gasteiger partial charge in [-0.2, -0.15) is 0 Å². The van der Waals surface area contributed by atoms with Crippen molar-refractivity contribution < 1.29 is 19.1 Å². The van der Waals surface area contributed by atoms with Gasteiger partial charge in [-0.25, -0.2) is 9.59 Å². The van der Waals surface area contributed by atoms with Crippen LogP contribution >= 0.6 is 22.6 Å². The van der Waals surface area contributed by atoms with Crippen LogP contribution in [0, 0.1) is 5.92 Å². The zero-order chi connectivity index (χ0) is 23.7. The van der Waals surface area contributed by atoms with E-state index < -0.39 is 17.5 Å². The Morgan fingerprint density at radius 2 is 1.42 bits per heavy atom. The van der Waals surface area contributed by atoms with Crippen LogP contribution in [-0.4, -0.2) is 48.0 Å². The molecule has 0 spiro atoms. The van der Waals surface area contributed by atoms with Crippen molar-refractivity contribution in [1.29, 1.82) is 0 Å². The number of halogens is 1. The number of nitrogens with zero attached hydrogens (tertiary/aromatic N) is 1. The molecular weight excluding hydrogens is 529 g/mol. The number of hydrogen-bond acceptors (Lipinski definition) is 5. The Hall–Kier alpha value is -1.93. The molecule has 6 heteroatoms. The van der Waals surface area contributed by atoms with E-state index in [1.54, 1.807) is 24.3 Å². The Morgan fingerprint density at radius 1 is 0.879 bits per heavy atom. The van der Waals surface area contributed by atoms with Gasteiger partial charge in [-0.05, 0) is 49.8 Å². The SMILES string of the molecule is CI.CN1CCC(OC(=O)C(OC(=O)c2ccccc2)(c2ccccc2)C2CCCC2)CC1. The summed E-state index contributed by atoms with van der Waals surface area (Å²) in [5.74, 6) is -1.01. The molecule has 1 heterocycles. The molecule has 2 aromatic carbocycles. The number of likely N-dealkylation sites (tertiary alicyclic amines) is 1. The maximum Gasteiger partial charge on any atom is 0.355 e. The van der Waals surface area contributed by atoms with Crippen molar-refractivity contribution in [2.24, 2.45) is 5.92 Å². The molecule has 0 N–H and O–H groups in total. The monoisotopic (exact) mass is 563 g/mol. The zero-order valence-electron chi connectivity index (χ0n) is 19.5. The molecule has 33 heavy (non-hydrogen) atoms. The third kappa shape index (κ3) is 6.15. The van der Waals surface area contributed by atoms with E-state index in [-0.39, 0.29) is 12.0 Å². The van der Waals surface area contributed by atoms with Crippen LogP contribution in [0.3, 0.4) is 0 Å². The fourth-order valence-electron chi connectivity index (χ4n) is 4.84. The van der Waals surface area contributed by atoms with Crippen LogP contribution in [-0.2, 0) is 19.9 Å². The predicted molar refractivity (Wildman–Crippen MR) is 138 cm³/mol. The number of ether oxygens (including phenoxy) is 2. The van der Waals surface area contributed by atoms with Gasteiger partial charge in [0, 0.05) is 24.6 Å². The van der Waals surface area contributed by atoms with Crippen molar-refractivity contribution in [3.8, 4) is 0 Å². The maximum atomic E-state index is 13.9. The minimum atomic E-state index is -1.42. The van der Waals surface area contributed by atoms with E-state index in [4.69, 9.17) is 9.47 Å². The van der Waals surface area contributed by atoms with Crippen molar-refractivity contribution in [3.63, 3.8) is 0 Å². The van der Waals surface area contributed by atoms with Gasteiger partial charge in [0.1, 0.15) is 6.10 Å². The average molecular weight is 563 g/mol. The van der Waals surface area contributed by atoms with Crippen LogP contribution in [0.4, 0.5) is 0 Å². The Kier molecular flexibility index (Phi) is 9.74. The topological polar surface area (TPSA) is 55.8 Å². The summed E-state index contributed by atoms with van der Waals surface area (Å²) in [6, 6.07) is 18.3.